The standard InChI is InChI=1S/C14H22N2O3S/c1-3-14(2,17)10-15-12-6-4-5-7-13(12)20(18,19)16-11-8-9-11/h4-7,11,15-17H,3,8-10H2,1-2H3. The highest BCUT2D eigenvalue weighted by Crippen LogP contribution is 2.26. The second-order valence-corrected chi connectivity index (χ2v) is 7.28. The molecule has 2 rings (SSSR count). The number of aliphatic hydroxyl groups is 1. The molecule has 0 aliphatic heterocycles. The number of anilines is 1. The minimum Gasteiger partial charge on any atom is -0.388 e. The lowest BCUT2D eigenvalue weighted by atomic mass is 10.0. The van der Waals surface area contributed by atoms with Gasteiger partial charge in [-0.25, -0.2) is 13.1 Å². The predicted molar refractivity (Wildman–Crippen MR) is 79.2 cm³/mol. The average Bonchev–Trinajstić information content (AvgIpc) is 3.20. The van der Waals surface area contributed by atoms with E-state index in [4.69, 9.17) is 0 Å². The molecule has 1 aliphatic carbocycles. The van der Waals surface area contributed by atoms with E-state index in [1.165, 1.54) is 0 Å². The van der Waals surface area contributed by atoms with Crippen LogP contribution in [0.3, 0.4) is 0 Å². The van der Waals surface area contributed by atoms with E-state index in [1.54, 1.807) is 31.2 Å². The Morgan fingerprint density at radius 3 is 2.60 bits per heavy atom. The predicted octanol–water partition coefficient (Wildman–Crippen LogP) is 1.70. The van der Waals surface area contributed by atoms with Gasteiger partial charge >= 0.3 is 0 Å². The number of nitrogens with one attached hydrogen (secondary N) is 2. The molecule has 3 N–H and O–H groups in total. The summed E-state index contributed by atoms with van der Waals surface area (Å²) < 4.78 is 27.2. The summed E-state index contributed by atoms with van der Waals surface area (Å²) in [5, 5.41) is 13.0. The van der Waals surface area contributed by atoms with E-state index in [0.717, 1.165) is 12.8 Å². The molecule has 0 heterocycles. The average molecular weight is 298 g/mol. The van der Waals surface area contributed by atoms with E-state index in [9.17, 15) is 13.5 Å². The molecular formula is C14H22N2O3S. The Labute approximate surface area is 120 Å². The normalized spacial score (nSPS) is 18.6. The Kier molecular flexibility index (Phi) is 4.36. The van der Waals surface area contributed by atoms with Gasteiger partial charge in [-0.1, -0.05) is 19.1 Å². The van der Waals surface area contributed by atoms with E-state index >= 15 is 0 Å². The van der Waals surface area contributed by atoms with Gasteiger partial charge in [-0.15, -0.1) is 0 Å². The van der Waals surface area contributed by atoms with Crippen molar-refractivity contribution in [3.63, 3.8) is 0 Å². The van der Waals surface area contributed by atoms with Gasteiger partial charge in [-0.2, -0.15) is 0 Å². The maximum absolute atomic E-state index is 12.3. The largest absolute Gasteiger partial charge is 0.388 e. The zero-order valence-corrected chi connectivity index (χ0v) is 12.7. The van der Waals surface area contributed by atoms with E-state index in [1.807, 2.05) is 6.92 Å². The maximum atomic E-state index is 12.3. The molecule has 1 unspecified atom stereocenters. The first-order valence-corrected chi connectivity index (χ1v) is 8.40. The minimum atomic E-state index is -3.50. The molecule has 0 bridgehead atoms. The first-order valence-electron chi connectivity index (χ1n) is 6.92. The number of sulfonamides is 1. The fourth-order valence-corrected chi connectivity index (χ4v) is 3.23. The molecule has 1 fully saturated rings. The second-order valence-electron chi connectivity index (χ2n) is 5.60. The molecule has 1 aromatic rings. The first-order chi connectivity index (χ1) is 9.34. The molecular weight excluding hydrogens is 276 g/mol. The van der Waals surface area contributed by atoms with Crippen LogP contribution in [0.25, 0.3) is 0 Å². The molecule has 20 heavy (non-hydrogen) atoms. The SMILES string of the molecule is CCC(C)(O)CNc1ccccc1S(=O)(=O)NC1CC1. The fraction of sp³-hybridized carbons (Fsp3) is 0.571. The maximum Gasteiger partial charge on any atom is 0.242 e. The van der Waals surface area contributed by atoms with E-state index in [-0.39, 0.29) is 10.9 Å². The van der Waals surface area contributed by atoms with E-state index in [0.29, 0.717) is 18.7 Å². The number of rotatable bonds is 7. The molecule has 0 aromatic heterocycles. The van der Waals surface area contributed by atoms with Gasteiger partial charge in [0.15, 0.2) is 0 Å². The Bertz CT molecular complexity index is 566. The van der Waals surface area contributed by atoms with Crippen molar-refractivity contribution >= 4 is 15.7 Å². The Morgan fingerprint density at radius 2 is 2.00 bits per heavy atom. The summed E-state index contributed by atoms with van der Waals surface area (Å²) in [6.07, 6.45) is 2.40. The summed E-state index contributed by atoms with van der Waals surface area (Å²) in [6, 6.07) is 6.84. The zero-order valence-electron chi connectivity index (χ0n) is 11.9. The highest BCUT2D eigenvalue weighted by atomic mass is 32.2. The van der Waals surface area contributed by atoms with Crippen molar-refractivity contribution in [3.05, 3.63) is 24.3 Å². The van der Waals surface area contributed by atoms with Gasteiger partial charge < -0.3 is 10.4 Å². The van der Waals surface area contributed by atoms with Crippen LogP contribution in [0.15, 0.2) is 29.2 Å². The van der Waals surface area contributed by atoms with Gasteiger partial charge in [0.2, 0.25) is 10.0 Å². The minimum absolute atomic E-state index is 0.0757. The third-order valence-corrected chi connectivity index (χ3v) is 5.08. The molecule has 1 atom stereocenters. The second kappa shape index (κ2) is 5.71. The van der Waals surface area contributed by atoms with Crippen molar-refractivity contribution in [2.45, 2.75) is 49.6 Å². The van der Waals surface area contributed by atoms with Crippen molar-refractivity contribution < 1.29 is 13.5 Å². The molecule has 6 heteroatoms. The summed E-state index contributed by atoms with van der Waals surface area (Å²) in [7, 11) is -3.50. The summed E-state index contributed by atoms with van der Waals surface area (Å²) >= 11 is 0. The highest BCUT2D eigenvalue weighted by Gasteiger charge is 2.29. The Morgan fingerprint density at radius 1 is 1.35 bits per heavy atom. The number of para-hydroxylation sites is 1. The van der Waals surface area contributed by atoms with Crippen molar-refractivity contribution in [2.24, 2.45) is 0 Å². The van der Waals surface area contributed by atoms with Gasteiger partial charge in [0.25, 0.3) is 0 Å². The van der Waals surface area contributed by atoms with E-state index < -0.39 is 15.6 Å². The lowest BCUT2D eigenvalue weighted by molar-refractivity contribution is 0.0697. The summed E-state index contributed by atoms with van der Waals surface area (Å²) in [5.74, 6) is 0. The van der Waals surface area contributed by atoms with Crippen LogP contribution in [-0.4, -0.2) is 31.7 Å². The van der Waals surface area contributed by atoms with Gasteiger partial charge in [-0.3, -0.25) is 0 Å². The van der Waals surface area contributed by atoms with Crippen molar-refractivity contribution in [3.8, 4) is 0 Å². The van der Waals surface area contributed by atoms with Gasteiger partial charge in [0.1, 0.15) is 4.90 Å². The van der Waals surface area contributed by atoms with Gasteiger partial charge in [-0.05, 0) is 38.3 Å². The van der Waals surface area contributed by atoms with Crippen LogP contribution in [0, 0.1) is 0 Å². The number of benzene rings is 1. The smallest absolute Gasteiger partial charge is 0.242 e. The van der Waals surface area contributed by atoms with E-state index in [2.05, 4.69) is 10.0 Å². The van der Waals surface area contributed by atoms with Crippen molar-refractivity contribution in [1.82, 2.24) is 4.72 Å². The quantitative estimate of drug-likeness (QED) is 0.716. The van der Waals surface area contributed by atoms with Crippen LogP contribution in [0.4, 0.5) is 5.69 Å². The van der Waals surface area contributed by atoms with Crippen molar-refractivity contribution in [1.29, 1.82) is 0 Å². The Hall–Kier alpha value is -1.11. The Balaban J connectivity index is 2.17. The zero-order chi connectivity index (χ0) is 14.8. The van der Waals surface area contributed by atoms with Crippen LogP contribution in [-0.2, 0) is 10.0 Å². The molecule has 0 spiro atoms. The summed E-state index contributed by atoms with van der Waals surface area (Å²) in [5.41, 5.74) is -0.338. The molecule has 0 radical (unpaired) electrons. The first kappa shape index (κ1) is 15.3. The number of hydrogen-bond acceptors (Lipinski definition) is 4. The fourth-order valence-electron chi connectivity index (χ4n) is 1.74. The molecule has 1 aliphatic rings. The van der Waals surface area contributed by atoms with Crippen LogP contribution in [0.2, 0.25) is 0 Å². The lowest BCUT2D eigenvalue weighted by Crippen LogP contribution is -2.33. The molecule has 5 nitrogen and oxygen atoms in total. The van der Waals surface area contributed by atoms with Crippen LogP contribution >= 0.6 is 0 Å². The summed E-state index contributed by atoms with van der Waals surface area (Å²) in [6.45, 7) is 3.91. The third-order valence-electron chi connectivity index (χ3n) is 3.50. The van der Waals surface area contributed by atoms with Crippen LogP contribution < -0.4 is 10.0 Å². The third kappa shape index (κ3) is 3.94. The monoisotopic (exact) mass is 298 g/mol. The van der Waals surface area contributed by atoms with Crippen LogP contribution in [0.1, 0.15) is 33.1 Å². The molecule has 1 aromatic carbocycles. The highest BCUT2D eigenvalue weighted by molar-refractivity contribution is 7.89. The molecule has 1 saturated carbocycles. The summed E-state index contributed by atoms with van der Waals surface area (Å²) in [4.78, 5) is 0.235. The van der Waals surface area contributed by atoms with Crippen molar-refractivity contribution in [2.75, 3.05) is 11.9 Å². The lowest BCUT2D eigenvalue weighted by Gasteiger charge is -2.23. The van der Waals surface area contributed by atoms with Crippen LogP contribution in [0.5, 0.6) is 0 Å². The molecule has 0 amide bonds. The van der Waals surface area contributed by atoms with Gasteiger partial charge in [0.05, 0.1) is 11.3 Å². The molecule has 0 saturated heterocycles. The topological polar surface area (TPSA) is 78.4 Å². The number of hydrogen-bond donors (Lipinski definition) is 3. The van der Waals surface area contributed by atoms with Gasteiger partial charge in [0, 0.05) is 12.6 Å². The molecule has 112 valence electrons.